The number of rotatable bonds is 5. The van der Waals surface area contributed by atoms with Gasteiger partial charge >= 0.3 is 0 Å². The van der Waals surface area contributed by atoms with Gasteiger partial charge in [-0.1, -0.05) is 29.3 Å². The molecule has 1 fully saturated rings. The average Bonchev–Trinajstić information content (AvgIpc) is 2.44. The fourth-order valence-corrected chi connectivity index (χ4v) is 2.77. The van der Waals surface area contributed by atoms with Crippen LogP contribution in [0.15, 0.2) is 18.2 Å². The number of benzene rings is 1. The minimum atomic E-state index is 0.0836. The molecule has 5 heteroatoms. The van der Waals surface area contributed by atoms with Gasteiger partial charge in [0.1, 0.15) is 0 Å². The van der Waals surface area contributed by atoms with Crippen molar-refractivity contribution in [1.29, 1.82) is 0 Å². The summed E-state index contributed by atoms with van der Waals surface area (Å²) in [5, 5.41) is 1.13. The zero-order valence-electron chi connectivity index (χ0n) is 10.9. The molecule has 1 aromatic carbocycles. The molecule has 0 aliphatic carbocycles. The summed E-state index contributed by atoms with van der Waals surface area (Å²) in [6.07, 6.45) is 5.90. The Morgan fingerprint density at radius 2 is 2.16 bits per heavy atom. The highest BCUT2D eigenvalue weighted by Crippen LogP contribution is 2.28. The Morgan fingerprint density at radius 3 is 2.79 bits per heavy atom. The SMILES string of the molecule is NNC(CCC1CCCCO1)c1ccc(Cl)c(Cl)c1. The van der Waals surface area contributed by atoms with Gasteiger partial charge in [0.15, 0.2) is 0 Å². The molecule has 1 heterocycles. The zero-order chi connectivity index (χ0) is 13.7. The molecule has 0 radical (unpaired) electrons. The van der Waals surface area contributed by atoms with Crippen molar-refractivity contribution in [2.24, 2.45) is 5.84 Å². The smallest absolute Gasteiger partial charge is 0.0595 e. The second kappa shape index (κ2) is 7.46. The lowest BCUT2D eigenvalue weighted by molar-refractivity contribution is 0.00854. The van der Waals surface area contributed by atoms with E-state index >= 15 is 0 Å². The molecule has 106 valence electrons. The Bertz CT molecular complexity index is 408. The number of hydrogen-bond acceptors (Lipinski definition) is 3. The molecule has 2 unspecified atom stereocenters. The summed E-state index contributed by atoms with van der Waals surface area (Å²) < 4.78 is 5.74. The third-order valence-corrected chi connectivity index (χ3v) is 4.34. The molecule has 0 bridgehead atoms. The largest absolute Gasteiger partial charge is 0.378 e. The Labute approximate surface area is 124 Å². The second-order valence-corrected chi connectivity index (χ2v) is 5.77. The van der Waals surface area contributed by atoms with Crippen LogP contribution in [0.3, 0.4) is 0 Å². The summed E-state index contributed by atoms with van der Waals surface area (Å²) in [6.45, 7) is 0.887. The van der Waals surface area contributed by atoms with Crippen molar-refractivity contribution in [1.82, 2.24) is 5.43 Å². The topological polar surface area (TPSA) is 47.3 Å². The molecule has 0 aromatic heterocycles. The Balaban J connectivity index is 1.93. The monoisotopic (exact) mass is 302 g/mol. The van der Waals surface area contributed by atoms with Crippen LogP contribution in [0.25, 0.3) is 0 Å². The minimum Gasteiger partial charge on any atom is -0.378 e. The molecule has 1 aliphatic heterocycles. The fourth-order valence-electron chi connectivity index (χ4n) is 2.46. The quantitative estimate of drug-likeness (QED) is 0.641. The minimum absolute atomic E-state index is 0.0836. The van der Waals surface area contributed by atoms with E-state index in [0.717, 1.165) is 31.4 Å². The van der Waals surface area contributed by atoms with Gasteiger partial charge in [-0.3, -0.25) is 11.3 Å². The number of nitrogens with one attached hydrogen (secondary N) is 1. The lowest BCUT2D eigenvalue weighted by atomic mass is 9.98. The molecule has 0 spiro atoms. The maximum atomic E-state index is 6.04. The lowest BCUT2D eigenvalue weighted by Gasteiger charge is -2.25. The van der Waals surface area contributed by atoms with Crippen molar-refractivity contribution in [2.75, 3.05) is 6.61 Å². The molecule has 0 amide bonds. The Kier molecular flexibility index (Phi) is 5.92. The lowest BCUT2D eigenvalue weighted by Crippen LogP contribution is -2.29. The van der Waals surface area contributed by atoms with Crippen LogP contribution in [0.5, 0.6) is 0 Å². The first-order chi connectivity index (χ1) is 9.20. The average molecular weight is 303 g/mol. The molecule has 0 saturated carbocycles. The Morgan fingerprint density at radius 1 is 1.32 bits per heavy atom. The molecule has 1 aromatic rings. The zero-order valence-corrected chi connectivity index (χ0v) is 12.4. The van der Waals surface area contributed by atoms with Gasteiger partial charge in [0.2, 0.25) is 0 Å². The van der Waals surface area contributed by atoms with Gasteiger partial charge in [-0.15, -0.1) is 0 Å². The Hall–Kier alpha value is -0.320. The van der Waals surface area contributed by atoms with Crippen LogP contribution in [-0.2, 0) is 4.74 Å². The van der Waals surface area contributed by atoms with Gasteiger partial charge < -0.3 is 4.74 Å². The van der Waals surface area contributed by atoms with Gasteiger partial charge in [0, 0.05) is 12.6 Å². The van der Waals surface area contributed by atoms with E-state index in [9.17, 15) is 0 Å². The normalized spacial score (nSPS) is 21.3. The van der Waals surface area contributed by atoms with E-state index in [0.29, 0.717) is 16.1 Å². The number of hydrazine groups is 1. The first-order valence-electron chi connectivity index (χ1n) is 6.73. The van der Waals surface area contributed by atoms with Gasteiger partial charge in [-0.05, 0) is 49.8 Å². The molecule has 19 heavy (non-hydrogen) atoms. The van der Waals surface area contributed by atoms with Crippen LogP contribution in [0.4, 0.5) is 0 Å². The third-order valence-electron chi connectivity index (χ3n) is 3.60. The van der Waals surface area contributed by atoms with E-state index in [4.69, 9.17) is 33.8 Å². The fraction of sp³-hybridized carbons (Fsp3) is 0.571. The van der Waals surface area contributed by atoms with Gasteiger partial charge in [-0.2, -0.15) is 0 Å². The van der Waals surface area contributed by atoms with Crippen LogP contribution in [0.2, 0.25) is 10.0 Å². The standard InChI is InChI=1S/C14H20Cl2N2O/c15-12-6-4-10(9-13(12)16)14(18-17)7-5-11-3-1-2-8-19-11/h4,6,9,11,14,18H,1-3,5,7-8,17H2. The summed E-state index contributed by atoms with van der Waals surface area (Å²) in [4.78, 5) is 0. The molecule has 3 N–H and O–H groups in total. The van der Waals surface area contributed by atoms with Crippen molar-refractivity contribution >= 4 is 23.2 Å². The van der Waals surface area contributed by atoms with Gasteiger partial charge in [0.25, 0.3) is 0 Å². The van der Waals surface area contributed by atoms with E-state index in [2.05, 4.69) is 5.43 Å². The van der Waals surface area contributed by atoms with E-state index in [1.54, 1.807) is 6.07 Å². The summed E-state index contributed by atoms with van der Waals surface area (Å²) in [7, 11) is 0. The van der Waals surface area contributed by atoms with Crippen molar-refractivity contribution in [2.45, 2.75) is 44.2 Å². The molecule has 3 nitrogen and oxygen atoms in total. The van der Waals surface area contributed by atoms with Crippen LogP contribution in [0.1, 0.15) is 43.7 Å². The number of halogens is 2. The highest BCUT2D eigenvalue weighted by molar-refractivity contribution is 6.42. The van der Waals surface area contributed by atoms with Gasteiger partial charge in [-0.25, -0.2) is 0 Å². The number of ether oxygens (including phenoxy) is 1. The summed E-state index contributed by atoms with van der Waals surface area (Å²) >= 11 is 12.0. The molecular formula is C14H20Cl2N2O. The van der Waals surface area contributed by atoms with Crippen LogP contribution in [0, 0.1) is 0 Å². The highest BCUT2D eigenvalue weighted by atomic mass is 35.5. The molecular weight excluding hydrogens is 283 g/mol. The molecule has 1 aliphatic rings. The van der Waals surface area contributed by atoms with Gasteiger partial charge in [0.05, 0.1) is 16.1 Å². The summed E-state index contributed by atoms with van der Waals surface area (Å²) in [5.41, 5.74) is 3.91. The van der Waals surface area contributed by atoms with E-state index < -0.39 is 0 Å². The summed E-state index contributed by atoms with van der Waals surface area (Å²) in [5.74, 6) is 5.64. The van der Waals surface area contributed by atoms with E-state index in [1.807, 2.05) is 12.1 Å². The van der Waals surface area contributed by atoms with Crippen LogP contribution in [-0.4, -0.2) is 12.7 Å². The van der Waals surface area contributed by atoms with Crippen LogP contribution >= 0.6 is 23.2 Å². The number of hydrogen-bond donors (Lipinski definition) is 2. The van der Waals surface area contributed by atoms with E-state index in [-0.39, 0.29) is 6.04 Å². The molecule has 1 saturated heterocycles. The van der Waals surface area contributed by atoms with Crippen molar-refractivity contribution in [3.63, 3.8) is 0 Å². The number of nitrogens with two attached hydrogens (primary N) is 1. The van der Waals surface area contributed by atoms with Crippen molar-refractivity contribution in [3.05, 3.63) is 33.8 Å². The maximum Gasteiger partial charge on any atom is 0.0595 e. The van der Waals surface area contributed by atoms with E-state index in [1.165, 1.54) is 12.8 Å². The maximum absolute atomic E-state index is 6.04. The highest BCUT2D eigenvalue weighted by Gasteiger charge is 2.17. The molecule has 2 atom stereocenters. The predicted octanol–water partition coefficient (Wildman–Crippen LogP) is 3.85. The van der Waals surface area contributed by atoms with Crippen molar-refractivity contribution in [3.8, 4) is 0 Å². The first-order valence-corrected chi connectivity index (χ1v) is 7.49. The summed E-state index contributed by atoms with van der Waals surface area (Å²) in [6, 6.07) is 5.72. The van der Waals surface area contributed by atoms with Crippen molar-refractivity contribution < 1.29 is 4.74 Å². The first kappa shape index (κ1) is 15.1. The molecule has 2 rings (SSSR count). The second-order valence-electron chi connectivity index (χ2n) is 4.96. The van der Waals surface area contributed by atoms with Crippen LogP contribution < -0.4 is 11.3 Å². The third kappa shape index (κ3) is 4.33. The predicted molar refractivity (Wildman–Crippen MR) is 79.4 cm³/mol.